The van der Waals surface area contributed by atoms with Gasteiger partial charge in [-0.05, 0) is 19.8 Å². The molecule has 0 aromatic carbocycles. The molecule has 0 fully saturated rings. The van der Waals surface area contributed by atoms with Gasteiger partial charge in [0.2, 0.25) is 0 Å². The third kappa shape index (κ3) is 12.4. The predicted octanol–water partition coefficient (Wildman–Crippen LogP) is 2.41. The zero-order valence-electron chi connectivity index (χ0n) is 12.0. The fourth-order valence-corrected chi connectivity index (χ4v) is 2.69. The van der Waals surface area contributed by atoms with Gasteiger partial charge in [0, 0.05) is 6.61 Å². The summed E-state index contributed by atoms with van der Waals surface area (Å²) >= 11 is 0. The van der Waals surface area contributed by atoms with E-state index in [1.54, 1.807) is 0 Å². The number of aliphatic carboxylic acids is 1. The van der Waals surface area contributed by atoms with E-state index in [1.807, 2.05) is 6.92 Å². The number of carboxylic acids is 1. The standard InChI is InChI=1S/C13H25O6P/c1-11(2)9-19-8-6-4-3-5-7-12(13(14)15)10-20(16,17)18/h12H,1,3-10H2,2H3,(H,14,15)(H2,16,17,18). The molecule has 0 spiro atoms. The van der Waals surface area contributed by atoms with Crippen molar-refractivity contribution >= 4 is 13.6 Å². The monoisotopic (exact) mass is 308 g/mol. The second kappa shape index (κ2) is 10.1. The van der Waals surface area contributed by atoms with Crippen LogP contribution in [0.2, 0.25) is 0 Å². The molecule has 0 amide bonds. The normalized spacial score (nSPS) is 13.2. The van der Waals surface area contributed by atoms with Crippen LogP contribution in [-0.4, -0.2) is 40.2 Å². The number of hydrogen-bond donors (Lipinski definition) is 3. The Morgan fingerprint density at radius 3 is 2.35 bits per heavy atom. The quantitative estimate of drug-likeness (QED) is 0.290. The van der Waals surface area contributed by atoms with Gasteiger partial charge in [0.15, 0.2) is 0 Å². The first-order chi connectivity index (χ1) is 9.22. The Bertz CT molecular complexity index is 349. The molecule has 0 aromatic rings. The van der Waals surface area contributed by atoms with E-state index in [1.165, 1.54) is 0 Å². The molecule has 0 aliphatic carbocycles. The molecular weight excluding hydrogens is 283 g/mol. The SMILES string of the molecule is C=C(C)COCCCCCCC(CP(=O)(O)O)C(=O)O. The van der Waals surface area contributed by atoms with Crippen LogP contribution in [0.3, 0.4) is 0 Å². The second-order valence-electron chi connectivity index (χ2n) is 5.10. The lowest BCUT2D eigenvalue weighted by molar-refractivity contribution is -0.141. The minimum absolute atomic E-state index is 0.299. The van der Waals surface area contributed by atoms with Crippen molar-refractivity contribution in [2.24, 2.45) is 5.92 Å². The molecule has 7 heteroatoms. The first kappa shape index (κ1) is 19.3. The maximum atomic E-state index is 10.9. The molecule has 1 atom stereocenters. The summed E-state index contributed by atoms with van der Waals surface area (Å²) in [6.07, 6.45) is 3.01. The van der Waals surface area contributed by atoms with Gasteiger partial charge in [0.05, 0.1) is 18.7 Å². The van der Waals surface area contributed by atoms with Crippen LogP contribution in [0.25, 0.3) is 0 Å². The Kier molecular flexibility index (Phi) is 9.76. The summed E-state index contributed by atoms with van der Waals surface area (Å²) < 4.78 is 16.1. The van der Waals surface area contributed by atoms with Gasteiger partial charge < -0.3 is 19.6 Å². The zero-order chi connectivity index (χ0) is 15.6. The van der Waals surface area contributed by atoms with Crippen molar-refractivity contribution in [2.45, 2.75) is 39.0 Å². The third-order valence-electron chi connectivity index (χ3n) is 2.75. The number of carboxylic acid groups (broad SMARTS) is 1. The van der Waals surface area contributed by atoms with Gasteiger partial charge in [-0.3, -0.25) is 9.36 Å². The molecule has 0 bridgehead atoms. The average molecular weight is 308 g/mol. The number of ether oxygens (including phenoxy) is 1. The molecule has 0 saturated heterocycles. The van der Waals surface area contributed by atoms with Gasteiger partial charge in [0.1, 0.15) is 0 Å². The van der Waals surface area contributed by atoms with Crippen molar-refractivity contribution in [2.75, 3.05) is 19.4 Å². The van der Waals surface area contributed by atoms with Crippen molar-refractivity contribution in [3.63, 3.8) is 0 Å². The zero-order valence-corrected chi connectivity index (χ0v) is 12.8. The van der Waals surface area contributed by atoms with Crippen LogP contribution in [0.5, 0.6) is 0 Å². The van der Waals surface area contributed by atoms with Gasteiger partial charge in [-0.15, -0.1) is 0 Å². The highest BCUT2D eigenvalue weighted by molar-refractivity contribution is 7.51. The largest absolute Gasteiger partial charge is 0.481 e. The fourth-order valence-electron chi connectivity index (χ4n) is 1.77. The molecule has 6 nitrogen and oxygen atoms in total. The van der Waals surface area contributed by atoms with Crippen molar-refractivity contribution < 1.29 is 29.0 Å². The van der Waals surface area contributed by atoms with Crippen molar-refractivity contribution in [3.05, 3.63) is 12.2 Å². The smallest absolute Gasteiger partial charge is 0.326 e. The van der Waals surface area contributed by atoms with Crippen LogP contribution in [0.4, 0.5) is 0 Å². The fraction of sp³-hybridized carbons (Fsp3) is 0.769. The Balaban J connectivity index is 3.67. The molecule has 118 valence electrons. The summed E-state index contributed by atoms with van der Waals surface area (Å²) in [5.41, 5.74) is 0.978. The van der Waals surface area contributed by atoms with E-state index < -0.39 is 25.6 Å². The van der Waals surface area contributed by atoms with Gasteiger partial charge in [-0.1, -0.05) is 31.4 Å². The first-order valence-electron chi connectivity index (χ1n) is 6.72. The Labute approximate surface area is 120 Å². The van der Waals surface area contributed by atoms with Gasteiger partial charge in [0.25, 0.3) is 0 Å². The van der Waals surface area contributed by atoms with Crippen LogP contribution in [-0.2, 0) is 14.1 Å². The van der Waals surface area contributed by atoms with Crippen LogP contribution in [0, 0.1) is 5.92 Å². The minimum Gasteiger partial charge on any atom is -0.481 e. The number of unbranched alkanes of at least 4 members (excludes halogenated alkanes) is 3. The average Bonchev–Trinajstić information content (AvgIpc) is 2.28. The molecule has 20 heavy (non-hydrogen) atoms. The molecule has 0 aliphatic heterocycles. The van der Waals surface area contributed by atoms with Crippen LogP contribution in [0.1, 0.15) is 39.0 Å². The molecule has 0 aromatic heterocycles. The van der Waals surface area contributed by atoms with Crippen molar-refractivity contribution in [1.29, 1.82) is 0 Å². The predicted molar refractivity (Wildman–Crippen MR) is 76.8 cm³/mol. The summed E-state index contributed by atoms with van der Waals surface area (Å²) in [5.74, 6) is -2.10. The van der Waals surface area contributed by atoms with E-state index >= 15 is 0 Å². The minimum atomic E-state index is -4.26. The summed E-state index contributed by atoms with van der Waals surface area (Å²) in [6, 6.07) is 0. The van der Waals surface area contributed by atoms with Crippen molar-refractivity contribution in [3.8, 4) is 0 Å². The molecule has 0 heterocycles. The Morgan fingerprint density at radius 1 is 1.25 bits per heavy atom. The van der Waals surface area contributed by atoms with E-state index in [9.17, 15) is 9.36 Å². The lowest BCUT2D eigenvalue weighted by Gasteiger charge is -2.12. The maximum Gasteiger partial charge on any atom is 0.326 e. The van der Waals surface area contributed by atoms with Gasteiger partial charge in [-0.2, -0.15) is 0 Å². The highest BCUT2D eigenvalue weighted by Gasteiger charge is 2.26. The summed E-state index contributed by atoms with van der Waals surface area (Å²) in [4.78, 5) is 28.5. The summed E-state index contributed by atoms with van der Waals surface area (Å²) in [6.45, 7) is 6.83. The van der Waals surface area contributed by atoms with Gasteiger partial charge >= 0.3 is 13.6 Å². The highest BCUT2D eigenvalue weighted by Crippen LogP contribution is 2.38. The molecule has 0 radical (unpaired) electrons. The van der Waals surface area contributed by atoms with Crippen molar-refractivity contribution in [1.82, 2.24) is 0 Å². The molecule has 0 aliphatic rings. The molecule has 0 saturated carbocycles. The maximum absolute atomic E-state index is 10.9. The van der Waals surface area contributed by atoms with Crippen LogP contribution in [0.15, 0.2) is 12.2 Å². The molecule has 1 unspecified atom stereocenters. The lowest BCUT2D eigenvalue weighted by Crippen LogP contribution is -2.18. The van der Waals surface area contributed by atoms with Gasteiger partial charge in [-0.25, -0.2) is 0 Å². The topological polar surface area (TPSA) is 104 Å². The van der Waals surface area contributed by atoms with E-state index in [-0.39, 0.29) is 0 Å². The molecule has 0 rings (SSSR count). The summed E-state index contributed by atoms with van der Waals surface area (Å²) in [5, 5.41) is 8.89. The number of hydrogen-bond acceptors (Lipinski definition) is 3. The van der Waals surface area contributed by atoms with Crippen LogP contribution >= 0.6 is 7.60 Å². The van der Waals surface area contributed by atoms with E-state index in [0.717, 1.165) is 24.8 Å². The van der Waals surface area contributed by atoms with E-state index in [2.05, 4.69) is 6.58 Å². The van der Waals surface area contributed by atoms with E-state index in [4.69, 9.17) is 19.6 Å². The number of rotatable bonds is 12. The molecular formula is C13H25O6P. The second-order valence-corrected chi connectivity index (χ2v) is 6.79. The molecule has 3 N–H and O–H groups in total. The Morgan fingerprint density at radius 2 is 1.85 bits per heavy atom. The van der Waals surface area contributed by atoms with E-state index in [0.29, 0.717) is 26.1 Å². The van der Waals surface area contributed by atoms with Crippen LogP contribution < -0.4 is 0 Å². The first-order valence-corrected chi connectivity index (χ1v) is 8.51. The summed E-state index contributed by atoms with van der Waals surface area (Å²) in [7, 11) is -4.26. The third-order valence-corrected chi connectivity index (χ3v) is 3.66. The number of carbonyl (C=O) groups is 1. The highest BCUT2D eigenvalue weighted by atomic mass is 31.2. The lowest BCUT2D eigenvalue weighted by atomic mass is 10.0. The Hall–Kier alpha value is -0.680.